The third-order valence-electron chi connectivity index (χ3n) is 1.43. The van der Waals surface area contributed by atoms with Gasteiger partial charge in [0.15, 0.2) is 15.6 Å². The summed E-state index contributed by atoms with van der Waals surface area (Å²) in [4.78, 5) is 3.79. The van der Waals surface area contributed by atoms with Crippen LogP contribution in [0.5, 0.6) is 0 Å². The zero-order valence-corrected chi connectivity index (χ0v) is 8.05. The minimum absolute atomic E-state index is 0.0897. The summed E-state index contributed by atoms with van der Waals surface area (Å²) in [5.74, 6) is -1.74. The number of hydrogen-bond acceptors (Lipinski definition) is 2. The fourth-order valence-corrected chi connectivity index (χ4v) is 2.30. The highest BCUT2D eigenvalue weighted by atomic mass is 79.9. The molecule has 0 saturated carbocycles. The first-order valence-corrected chi connectivity index (χ1v) is 4.69. The number of aromatic nitrogens is 1. The molecule has 12 heavy (non-hydrogen) atoms. The molecule has 1 aromatic heterocycles. The van der Waals surface area contributed by atoms with Crippen LogP contribution in [0.15, 0.2) is 16.0 Å². The quantitative estimate of drug-likeness (QED) is 0.698. The number of fused-ring (bicyclic) bond motifs is 1. The standard InChI is InChI=1S/C7H2BrF2NS/c8-7-11-6-4(12-7)2-1-3(9)5(6)10/h1-2H. The molecule has 0 atom stereocenters. The summed E-state index contributed by atoms with van der Waals surface area (Å²) in [6.07, 6.45) is 0. The zero-order valence-electron chi connectivity index (χ0n) is 5.64. The second kappa shape index (κ2) is 2.74. The van der Waals surface area contributed by atoms with Crippen LogP contribution in [0.3, 0.4) is 0 Å². The molecule has 0 saturated heterocycles. The molecule has 62 valence electrons. The van der Waals surface area contributed by atoms with Crippen LogP contribution >= 0.6 is 27.3 Å². The molecule has 1 heterocycles. The lowest BCUT2D eigenvalue weighted by atomic mass is 10.3. The highest BCUT2D eigenvalue weighted by molar-refractivity contribution is 9.11. The van der Waals surface area contributed by atoms with Gasteiger partial charge in [-0.15, -0.1) is 11.3 Å². The predicted octanol–water partition coefficient (Wildman–Crippen LogP) is 3.34. The van der Waals surface area contributed by atoms with Crippen LogP contribution in [-0.2, 0) is 0 Å². The maximum Gasteiger partial charge on any atom is 0.185 e. The lowest BCUT2D eigenvalue weighted by Gasteiger charge is -1.90. The van der Waals surface area contributed by atoms with Gasteiger partial charge in [0.05, 0.1) is 4.70 Å². The van der Waals surface area contributed by atoms with Gasteiger partial charge in [-0.25, -0.2) is 13.8 Å². The van der Waals surface area contributed by atoms with Gasteiger partial charge in [0.2, 0.25) is 0 Å². The van der Waals surface area contributed by atoms with Gasteiger partial charge in [0, 0.05) is 0 Å². The predicted molar refractivity (Wildman–Crippen MR) is 47.2 cm³/mol. The molecule has 2 rings (SSSR count). The number of rotatable bonds is 0. The van der Waals surface area contributed by atoms with E-state index in [2.05, 4.69) is 20.9 Å². The maximum atomic E-state index is 13.0. The molecule has 1 nitrogen and oxygen atoms in total. The van der Waals surface area contributed by atoms with Crippen molar-refractivity contribution in [3.05, 3.63) is 27.7 Å². The molecule has 5 heteroatoms. The Bertz CT molecular complexity index is 440. The summed E-state index contributed by atoms with van der Waals surface area (Å²) in [5.41, 5.74) is 0.0897. The zero-order chi connectivity index (χ0) is 8.72. The molecule has 0 aliphatic rings. The summed E-state index contributed by atoms with van der Waals surface area (Å²) < 4.78 is 26.8. The van der Waals surface area contributed by atoms with Crippen molar-refractivity contribution in [2.45, 2.75) is 0 Å². The van der Waals surface area contributed by atoms with Gasteiger partial charge in [0.1, 0.15) is 5.52 Å². The minimum Gasteiger partial charge on any atom is -0.226 e. The summed E-state index contributed by atoms with van der Waals surface area (Å²) in [6, 6.07) is 2.61. The topological polar surface area (TPSA) is 12.9 Å². The average Bonchev–Trinajstić information content (AvgIpc) is 2.39. The highest BCUT2D eigenvalue weighted by Crippen LogP contribution is 2.28. The summed E-state index contributed by atoms with van der Waals surface area (Å²) in [5, 5.41) is 0. The number of nitrogens with zero attached hydrogens (tertiary/aromatic N) is 1. The number of halogens is 3. The van der Waals surface area contributed by atoms with Crippen molar-refractivity contribution in [1.29, 1.82) is 0 Å². The van der Waals surface area contributed by atoms with E-state index < -0.39 is 11.6 Å². The van der Waals surface area contributed by atoms with E-state index in [-0.39, 0.29) is 5.52 Å². The van der Waals surface area contributed by atoms with Gasteiger partial charge in [-0.3, -0.25) is 0 Å². The van der Waals surface area contributed by atoms with E-state index in [0.29, 0.717) is 8.62 Å². The Morgan fingerprint density at radius 2 is 2.08 bits per heavy atom. The smallest absolute Gasteiger partial charge is 0.185 e. The number of thiazole rings is 1. The first-order chi connectivity index (χ1) is 5.68. The molecular weight excluding hydrogens is 248 g/mol. The molecule has 0 bridgehead atoms. The second-order valence-corrected chi connectivity index (χ2v) is 4.48. The first kappa shape index (κ1) is 8.07. The second-order valence-electron chi connectivity index (χ2n) is 2.17. The van der Waals surface area contributed by atoms with Gasteiger partial charge < -0.3 is 0 Å². The Morgan fingerprint density at radius 3 is 2.83 bits per heavy atom. The molecule has 0 spiro atoms. The summed E-state index contributed by atoms with van der Waals surface area (Å²) in [6.45, 7) is 0. The van der Waals surface area contributed by atoms with Gasteiger partial charge in [-0.05, 0) is 28.1 Å². The monoisotopic (exact) mass is 249 g/mol. The minimum atomic E-state index is -0.880. The molecule has 0 aliphatic heterocycles. The Labute approximate surface area is 79.2 Å². The van der Waals surface area contributed by atoms with Crippen molar-refractivity contribution in [3.8, 4) is 0 Å². The SMILES string of the molecule is Fc1ccc2sc(Br)nc2c1F. The van der Waals surface area contributed by atoms with Crippen molar-refractivity contribution in [2.24, 2.45) is 0 Å². The van der Waals surface area contributed by atoms with Crippen molar-refractivity contribution >= 4 is 37.5 Å². The molecule has 0 amide bonds. The molecule has 1 aromatic carbocycles. The van der Waals surface area contributed by atoms with E-state index >= 15 is 0 Å². The van der Waals surface area contributed by atoms with E-state index in [9.17, 15) is 8.78 Å². The lowest BCUT2D eigenvalue weighted by molar-refractivity contribution is 0.515. The van der Waals surface area contributed by atoms with E-state index in [0.717, 1.165) is 6.07 Å². The fraction of sp³-hybridized carbons (Fsp3) is 0. The summed E-state index contributed by atoms with van der Waals surface area (Å²) >= 11 is 4.38. The van der Waals surface area contributed by atoms with Gasteiger partial charge in [-0.1, -0.05) is 0 Å². The largest absolute Gasteiger partial charge is 0.226 e. The molecular formula is C7H2BrF2NS. The number of benzene rings is 1. The number of hydrogen-bond donors (Lipinski definition) is 0. The van der Waals surface area contributed by atoms with Crippen molar-refractivity contribution < 1.29 is 8.78 Å². The highest BCUT2D eigenvalue weighted by Gasteiger charge is 2.10. The van der Waals surface area contributed by atoms with E-state index in [1.54, 1.807) is 0 Å². The molecule has 0 N–H and O–H groups in total. The normalized spacial score (nSPS) is 10.9. The molecule has 0 unspecified atom stereocenters. The maximum absolute atomic E-state index is 13.0. The first-order valence-electron chi connectivity index (χ1n) is 3.08. The Hall–Kier alpha value is -0.550. The summed E-state index contributed by atoms with van der Waals surface area (Å²) in [7, 11) is 0. The van der Waals surface area contributed by atoms with Crippen LogP contribution in [0.25, 0.3) is 10.2 Å². The van der Waals surface area contributed by atoms with Crippen LogP contribution in [0, 0.1) is 11.6 Å². The Kier molecular flexibility index (Phi) is 1.84. The van der Waals surface area contributed by atoms with Gasteiger partial charge in [0.25, 0.3) is 0 Å². The molecule has 0 fully saturated rings. The van der Waals surface area contributed by atoms with E-state index in [1.165, 1.54) is 17.4 Å². The van der Waals surface area contributed by atoms with Gasteiger partial charge >= 0.3 is 0 Å². The van der Waals surface area contributed by atoms with E-state index in [4.69, 9.17) is 0 Å². The molecule has 0 aliphatic carbocycles. The van der Waals surface area contributed by atoms with Crippen molar-refractivity contribution in [2.75, 3.05) is 0 Å². The van der Waals surface area contributed by atoms with E-state index in [1.807, 2.05) is 0 Å². The van der Waals surface area contributed by atoms with Crippen LogP contribution in [0.4, 0.5) is 8.78 Å². The van der Waals surface area contributed by atoms with Crippen LogP contribution in [0.1, 0.15) is 0 Å². The molecule has 2 aromatic rings. The van der Waals surface area contributed by atoms with Gasteiger partial charge in [-0.2, -0.15) is 0 Å². The fourth-order valence-electron chi connectivity index (χ4n) is 0.910. The average molecular weight is 250 g/mol. The van der Waals surface area contributed by atoms with Crippen LogP contribution in [-0.4, -0.2) is 4.98 Å². The van der Waals surface area contributed by atoms with Crippen LogP contribution in [0.2, 0.25) is 0 Å². The third kappa shape index (κ3) is 1.13. The lowest BCUT2D eigenvalue weighted by Crippen LogP contribution is -1.83. The Morgan fingerprint density at radius 1 is 1.33 bits per heavy atom. The molecule has 0 radical (unpaired) electrons. The van der Waals surface area contributed by atoms with Crippen molar-refractivity contribution in [1.82, 2.24) is 4.98 Å². The van der Waals surface area contributed by atoms with Crippen molar-refractivity contribution in [3.63, 3.8) is 0 Å². The third-order valence-corrected chi connectivity index (χ3v) is 2.90. The Balaban J connectivity index is 2.89. The van der Waals surface area contributed by atoms with Crippen LogP contribution < -0.4 is 0 Å².